The molecule has 2 aromatic carbocycles. The van der Waals surface area contributed by atoms with Crippen molar-refractivity contribution in [2.75, 3.05) is 18.5 Å². The molecule has 2 N–H and O–H groups in total. The molecule has 2 amide bonds. The number of benzene rings is 2. The number of hydrogen-bond donors (Lipinski definition) is 2. The second-order valence-electron chi connectivity index (χ2n) is 6.81. The van der Waals surface area contributed by atoms with Crippen LogP contribution in [0.2, 0.25) is 0 Å². The predicted octanol–water partition coefficient (Wildman–Crippen LogP) is 4.32. The van der Waals surface area contributed by atoms with E-state index in [1.165, 1.54) is 18.4 Å². The first-order chi connectivity index (χ1) is 13.7. The molecule has 0 unspecified atom stereocenters. The van der Waals surface area contributed by atoms with Crippen LogP contribution in [0.4, 0.5) is 5.69 Å². The third-order valence-corrected chi connectivity index (χ3v) is 4.68. The van der Waals surface area contributed by atoms with Gasteiger partial charge in [-0.2, -0.15) is 0 Å². The van der Waals surface area contributed by atoms with Crippen molar-refractivity contribution in [3.8, 4) is 5.75 Å². The molecule has 146 valence electrons. The first-order valence-electron chi connectivity index (χ1n) is 9.75. The van der Waals surface area contributed by atoms with Gasteiger partial charge in [0, 0.05) is 12.2 Å². The zero-order valence-corrected chi connectivity index (χ0v) is 15.9. The lowest BCUT2D eigenvalue weighted by molar-refractivity contribution is -0.123. The Bertz CT molecular complexity index is 831. The quantitative estimate of drug-likeness (QED) is 0.672. The Morgan fingerprint density at radius 1 is 0.964 bits per heavy atom. The number of nitrogens with one attached hydrogen (secondary N) is 2. The van der Waals surface area contributed by atoms with Gasteiger partial charge in [-0.15, -0.1) is 0 Å². The topological polar surface area (TPSA) is 67.4 Å². The summed E-state index contributed by atoms with van der Waals surface area (Å²) in [7, 11) is 0. The molecule has 0 radical (unpaired) electrons. The van der Waals surface area contributed by atoms with Gasteiger partial charge < -0.3 is 15.4 Å². The molecule has 0 saturated heterocycles. The summed E-state index contributed by atoms with van der Waals surface area (Å²) < 4.78 is 5.61. The smallest absolute Gasteiger partial charge is 0.259 e. The Hall–Kier alpha value is -3.08. The summed E-state index contributed by atoms with van der Waals surface area (Å²) in [4.78, 5) is 24.6. The third kappa shape index (κ3) is 5.98. The molecule has 0 heterocycles. The predicted molar refractivity (Wildman–Crippen MR) is 111 cm³/mol. The van der Waals surface area contributed by atoms with Crippen molar-refractivity contribution in [2.24, 2.45) is 0 Å². The molecule has 0 saturated carbocycles. The second kappa shape index (κ2) is 10.3. The van der Waals surface area contributed by atoms with Crippen LogP contribution in [-0.2, 0) is 4.79 Å². The average Bonchev–Trinajstić information content (AvgIpc) is 2.74. The Morgan fingerprint density at radius 3 is 2.54 bits per heavy atom. The lowest BCUT2D eigenvalue weighted by atomic mass is 9.97. The summed E-state index contributed by atoms with van der Waals surface area (Å²) in [6.07, 6.45) is 7.96. The van der Waals surface area contributed by atoms with E-state index in [1.54, 1.807) is 24.3 Å². The Morgan fingerprint density at radius 2 is 1.75 bits per heavy atom. The molecule has 0 atom stereocenters. The van der Waals surface area contributed by atoms with Gasteiger partial charge in [0.25, 0.3) is 11.8 Å². The minimum atomic E-state index is -0.272. The van der Waals surface area contributed by atoms with Gasteiger partial charge in [0.1, 0.15) is 5.75 Å². The van der Waals surface area contributed by atoms with Crippen LogP contribution in [0.5, 0.6) is 5.75 Å². The first kappa shape index (κ1) is 19.7. The van der Waals surface area contributed by atoms with Crippen LogP contribution < -0.4 is 15.4 Å². The van der Waals surface area contributed by atoms with Crippen LogP contribution in [-0.4, -0.2) is 25.0 Å². The largest absolute Gasteiger partial charge is 0.483 e. The summed E-state index contributed by atoms with van der Waals surface area (Å²) in [5, 5.41) is 5.71. The normalized spacial score (nSPS) is 13.4. The molecule has 0 aliphatic heterocycles. The van der Waals surface area contributed by atoms with Crippen molar-refractivity contribution in [1.82, 2.24) is 5.32 Å². The van der Waals surface area contributed by atoms with Crippen LogP contribution >= 0.6 is 0 Å². The summed E-state index contributed by atoms with van der Waals surface area (Å²) in [6, 6.07) is 16.1. The van der Waals surface area contributed by atoms with E-state index in [0.29, 0.717) is 23.5 Å². The molecule has 5 nitrogen and oxygen atoms in total. The van der Waals surface area contributed by atoms with E-state index in [1.807, 2.05) is 30.3 Å². The molecule has 28 heavy (non-hydrogen) atoms. The Kier molecular flexibility index (Phi) is 7.24. The number of allylic oxidation sites excluding steroid dienone is 1. The van der Waals surface area contributed by atoms with Gasteiger partial charge in [0.05, 0.1) is 5.56 Å². The van der Waals surface area contributed by atoms with Crippen LogP contribution in [0.25, 0.3) is 0 Å². The molecule has 3 rings (SSSR count). The Labute approximate surface area is 165 Å². The number of carbonyl (C=O) groups is 2. The number of amides is 2. The van der Waals surface area contributed by atoms with Crippen LogP contribution in [0.1, 0.15) is 42.5 Å². The lowest BCUT2D eigenvalue weighted by Crippen LogP contribution is -2.30. The molecule has 0 fully saturated rings. The maximum atomic E-state index is 12.5. The maximum Gasteiger partial charge on any atom is 0.259 e. The summed E-state index contributed by atoms with van der Waals surface area (Å²) in [6.45, 7) is 0.499. The second-order valence-corrected chi connectivity index (χ2v) is 6.81. The van der Waals surface area contributed by atoms with Gasteiger partial charge in [0.2, 0.25) is 0 Å². The lowest BCUT2D eigenvalue weighted by Gasteiger charge is -2.14. The number of anilines is 1. The third-order valence-electron chi connectivity index (χ3n) is 4.68. The van der Waals surface area contributed by atoms with Crippen molar-refractivity contribution >= 4 is 17.5 Å². The standard InChI is InChI=1S/C23H26N2O3/c26-22(24-16-15-18-9-3-1-4-10-18)17-28-21-14-8-7-13-20(21)23(27)25-19-11-5-2-6-12-19/h2,5-9,11-14H,1,3-4,10,15-17H2,(H,24,26)(H,25,27). The highest BCUT2D eigenvalue weighted by atomic mass is 16.5. The van der Waals surface area contributed by atoms with Crippen LogP contribution in [0.15, 0.2) is 66.2 Å². The van der Waals surface area contributed by atoms with Gasteiger partial charge in [-0.3, -0.25) is 9.59 Å². The van der Waals surface area contributed by atoms with Crippen molar-refractivity contribution in [2.45, 2.75) is 32.1 Å². The zero-order chi connectivity index (χ0) is 19.6. The summed E-state index contributed by atoms with van der Waals surface area (Å²) in [5.74, 6) is -0.0674. The fraction of sp³-hybridized carbons (Fsp3) is 0.304. The molecule has 0 aromatic heterocycles. The van der Waals surface area contributed by atoms with Crippen LogP contribution in [0.3, 0.4) is 0 Å². The highest BCUT2D eigenvalue weighted by Gasteiger charge is 2.13. The minimum Gasteiger partial charge on any atom is -0.483 e. The number of rotatable bonds is 8. The SMILES string of the molecule is O=C(COc1ccccc1C(=O)Nc1ccccc1)NCCC1=CCCCC1. The molecule has 0 bridgehead atoms. The van der Waals surface area contributed by atoms with Crippen molar-refractivity contribution in [3.05, 3.63) is 71.8 Å². The van der Waals surface area contributed by atoms with E-state index in [9.17, 15) is 9.59 Å². The van der Waals surface area contributed by atoms with Gasteiger partial charge in [-0.1, -0.05) is 42.0 Å². The summed E-state index contributed by atoms with van der Waals surface area (Å²) >= 11 is 0. The van der Waals surface area contributed by atoms with Crippen molar-refractivity contribution in [1.29, 1.82) is 0 Å². The van der Waals surface area contributed by atoms with E-state index in [4.69, 9.17) is 4.74 Å². The molecule has 1 aliphatic carbocycles. The molecule has 1 aliphatic rings. The molecule has 0 spiro atoms. The fourth-order valence-electron chi connectivity index (χ4n) is 3.19. The number of carbonyl (C=O) groups excluding carboxylic acids is 2. The maximum absolute atomic E-state index is 12.5. The number of para-hydroxylation sites is 2. The molecular weight excluding hydrogens is 352 g/mol. The van der Waals surface area contributed by atoms with E-state index >= 15 is 0 Å². The summed E-state index contributed by atoms with van der Waals surface area (Å²) in [5.41, 5.74) is 2.53. The number of hydrogen-bond acceptors (Lipinski definition) is 3. The number of ether oxygens (including phenoxy) is 1. The van der Waals surface area contributed by atoms with E-state index < -0.39 is 0 Å². The molecule has 2 aromatic rings. The van der Waals surface area contributed by atoms with Gasteiger partial charge in [-0.25, -0.2) is 0 Å². The van der Waals surface area contributed by atoms with E-state index in [0.717, 1.165) is 19.3 Å². The van der Waals surface area contributed by atoms with E-state index in [-0.39, 0.29) is 18.4 Å². The van der Waals surface area contributed by atoms with E-state index in [2.05, 4.69) is 16.7 Å². The van der Waals surface area contributed by atoms with Crippen molar-refractivity contribution < 1.29 is 14.3 Å². The molecular formula is C23H26N2O3. The first-order valence-corrected chi connectivity index (χ1v) is 9.75. The monoisotopic (exact) mass is 378 g/mol. The van der Waals surface area contributed by atoms with Crippen molar-refractivity contribution in [3.63, 3.8) is 0 Å². The Balaban J connectivity index is 1.49. The molecule has 5 heteroatoms. The highest BCUT2D eigenvalue weighted by Crippen LogP contribution is 2.20. The van der Waals surface area contributed by atoms with Crippen LogP contribution in [0, 0.1) is 0 Å². The van der Waals surface area contributed by atoms with Gasteiger partial charge >= 0.3 is 0 Å². The highest BCUT2D eigenvalue weighted by molar-refractivity contribution is 6.06. The fourth-order valence-corrected chi connectivity index (χ4v) is 3.19. The van der Waals surface area contributed by atoms with Gasteiger partial charge in [0.15, 0.2) is 6.61 Å². The minimum absolute atomic E-state index is 0.116. The van der Waals surface area contributed by atoms with Gasteiger partial charge in [-0.05, 0) is 56.4 Å². The zero-order valence-electron chi connectivity index (χ0n) is 15.9. The average molecular weight is 378 g/mol.